The van der Waals surface area contributed by atoms with Gasteiger partial charge < -0.3 is 10.6 Å². The molecule has 3 aromatic carbocycles. The Kier molecular flexibility index (Phi) is 6.38. The summed E-state index contributed by atoms with van der Waals surface area (Å²) in [5, 5.41) is 11.4. The van der Waals surface area contributed by atoms with Gasteiger partial charge in [-0.25, -0.2) is 4.68 Å². The number of aryl methyl sites for hydroxylation is 1. The third-order valence-electron chi connectivity index (χ3n) is 6.01. The van der Waals surface area contributed by atoms with Crippen molar-refractivity contribution in [2.45, 2.75) is 26.2 Å². The first-order valence-electron chi connectivity index (χ1n) is 11.6. The monoisotopic (exact) mass is 484 g/mol. The molecule has 0 atom stereocenters. The summed E-state index contributed by atoms with van der Waals surface area (Å²) in [7, 11) is 0. The van der Waals surface area contributed by atoms with E-state index in [9.17, 15) is 9.59 Å². The fourth-order valence-electron chi connectivity index (χ4n) is 3.89. The molecule has 2 amide bonds. The van der Waals surface area contributed by atoms with Crippen LogP contribution in [0.3, 0.4) is 0 Å². The fraction of sp³-hybridized carbons (Fsp3) is 0.179. The molecule has 0 saturated heterocycles. The van der Waals surface area contributed by atoms with Gasteiger partial charge in [-0.15, -0.1) is 0 Å². The third-order valence-corrected chi connectivity index (χ3v) is 6.26. The second-order valence-corrected chi connectivity index (χ2v) is 9.24. The van der Waals surface area contributed by atoms with E-state index in [2.05, 4.69) is 10.6 Å². The van der Waals surface area contributed by atoms with Crippen molar-refractivity contribution in [1.82, 2.24) is 9.78 Å². The number of benzene rings is 3. The molecule has 4 aromatic rings. The Balaban J connectivity index is 1.39. The van der Waals surface area contributed by atoms with Crippen LogP contribution in [0.15, 0.2) is 79.0 Å². The van der Waals surface area contributed by atoms with Gasteiger partial charge in [0.05, 0.1) is 17.8 Å². The largest absolute Gasteiger partial charge is 0.326 e. The summed E-state index contributed by atoms with van der Waals surface area (Å²) in [6, 6.07) is 22.8. The van der Waals surface area contributed by atoms with Crippen LogP contribution in [0.5, 0.6) is 0 Å². The fourth-order valence-corrected chi connectivity index (χ4v) is 4.02. The Morgan fingerprint density at radius 2 is 1.74 bits per heavy atom. The number of nitrogens with zero attached hydrogens (tertiary/aromatic N) is 2. The van der Waals surface area contributed by atoms with Gasteiger partial charge >= 0.3 is 0 Å². The maximum atomic E-state index is 13.1. The molecular formula is C28H25ClN4O2. The highest BCUT2D eigenvalue weighted by atomic mass is 35.5. The Bertz CT molecular complexity index is 1380. The topological polar surface area (TPSA) is 76.0 Å². The predicted molar refractivity (Wildman–Crippen MR) is 139 cm³/mol. The first-order chi connectivity index (χ1) is 17.0. The van der Waals surface area contributed by atoms with Gasteiger partial charge in [0.25, 0.3) is 0 Å². The number of amides is 2. The maximum Gasteiger partial charge on any atom is 0.228 e. The van der Waals surface area contributed by atoms with Crippen LogP contribution in [0, 0.1) is 12.8 Å². The first kappa shape index (κ1) is 22.9. The second kappa shape index (κ2) is 9.76. The van der Waals surface area contributed by atoms with Gasteiger partial charge in [0.1, 0.15) is 0 Å². The molecule has 0 bridgehead atoms. The molecule has 0 unspecified atom stereocenters. The van der Waals surface area contributed by atoms with E-state index in [0.717, 1.165) is 40.9 Å². The van der Waals surface area contributed by atoms with Gasteiger partial charge in [-0.3, -0.25) is 9.59 Å². The van der Waals surface area contributed by atoms with Gasteiger partial charge in [-0.1, -0.05) is 48.0 Å². The van der Waals surface area contributed by atoms with E-state index < -0.39 is 0 Å². The molecule has 1 aliphatic carbocycles. The van der Waals surface area contributed by atoms with Gasteiger partial charge in [0.15, 0.2) is 0 Å². The summed E-state index contributed by atoms with van der Waals surface area (Å²) in [6.45, 7) is 1.93. The number of hydrogen-bond acceptors (Lipinski definition) is 3. The smallest absolute Gasteiger partial charge is 0.228 e. The number of rotatable bonds is 7. The molecule has 1 aromatic heterocycles. The number of nitrogens with one attached hydrogen (secondary N) is 2. The van der Waals surface area contributed by atoms with Crippen LogP contribution in [-0.4, -0.2) is 21.6 Å². The van der Waals surface area contributed by atoms with E-state index in [0.29, 0.717) is 16.4 Å². The lowest BCUT2D eigenvalue weighted by atomic mass is 10.1. The summed E-state index contributed by atoms with van der Waals surface area (Å²) >= 11 is 6.08. The molecule has 176 valence electrons. The van der Waals surface area contributed by atoms with E-state index in [1.807, 2.05) is 79.9 Å². The molecular weight excluding hydrogens is 460 g/mol. The predicted octanol–water partition coefficient (Wildman–Crippen LogP) is 6.03. The Morgan fingerprint density at radius 1 is 1.00 bits per heavy atom. The molecule has 0 aliphatic heterocycles. The van der Waals surface area contributed by atoms with Crippen molar-refractivity contribution >= 4 is 34.8 Å². The van der Waals surface area contributed by atoms with Gasteiger partial charge in [0.2, 0.25) is 11.8 Å². The number of aromatic nitrogens is 2. The van der Waals surface area contributed by atoms with Crippen molar-refractivity contribution in [3.63, 3.8) is 0 Å². The van der Waals surface area contributed by atoms with Crippen LogP contribution in [0.25, 0.3) is 16.9 Å². The highest BCUT2D eigenvalue weighted by Gasteiger charge is 2.29. The van der Waals surface area contributed by atoms with E-state index in [-0.39, 0.29) is 24.2 Å². The second-order valence-electron chi connectivity index (χ2n) is 8.81. The summed E-state index contributed by atoms with van der Waals surface area (Å²) in [5.74, 6) is -0.0181. The molecule has 6 nitrogen and oxygen atoms in total. The Morgan fingerprint density at radius 3 is 2.46 bits per heavy atom. The highest BCUT2D eigenvalue weighted by molar-refractivity contribution is 6.30. The molecule has 5 rings (SSSR count). The lowest BCUT2D eigenvalue weighted by Gasteiger charge is -2.12. The van der Waals surface area contributed by atoms with Crippen LogP contribution in [0.2, 0.25) is 5.02 Å². The van der Waals surface area contributed by atoms with Gasteiger partial charge in [-0.2, -0.15) is 5.10 Å². The SMILES string of the molecule is Cc1ccc(NC(=O)C2CC2)cc1NC(=O)Cc1cn(-c2ccccc2)nc1-c1ccc(Cl)cc1. The normalized spacial score (nSPS) is 12.9. The first-order valence-corrected chi connectivity index (χ1v) is 12.0. The van der Waals surface area contributed by atoms with Crippen LogP contribution in [-0.2, 0) is 16.0 Å². The van der Waals surface area contributed by atoms with Crippen molar-refractivity contribution in [2.75, 3.05) is 10.6 Å². The third kappa shape index (κ3) is 5.44. The number of hydrogen-bond donors (Lipinski definition) is 2. The number of halogens is 1. The molecule has 0 radical (unpaired) electrons. The van der Waals surface area contributed by atoms with Crippen LogP contribution in [0.1, 0.15) is 24.0 Å². The van der Waals surface area contributed by atoms with E-state index >= 15 is 0 Å². The van der Waals surface area contributed by atoms with E-state index in [1.54, 1.807) is 10.7 Å². The van der Waals surface area contributed by atoms with Crippen LogP contribution in [0.4, 0.5) is 11.4 Å². The average molecular weight is 485 g/mol. The van der Waals surface area contributed by atoms with Crippen molar-refractivity contribution < 1.29 is 9.59 Å². The zero-order valence-electron chi connectivity index (χ0n) is 19.3. The standard InChI is InChI=1S/C28H25ClN4O2/c1-18-7-14-23(30-28(35)20-8-9-20)16-25(18)31-26(34)15-21-17-33(24-5-3-2-4-6-24)32-27(21)19-10-12-22(29)13-11-19/h2-7,10-14,16-17,20H,8-9,15H2,1H3,(H,30,35)(H,31,34). The van der Waals surface area contributed by atoms with Crippen molar-refractivity contribution in [1.29, 1.82) is 0 Å². The minimum absolute atomic E-state index is 0.0343. The Labute approximate surface area is 208 Å². The Hall–Kier alpha value is -3.90. The van der Waals surface area contributed by atoms with Crippen LogP contribution >= 0.6 is 11.6 Å². The minimum atomic E-state index is -0.165. The summed E-state index contributed by atoms with van der Waals surface area (Å²) < 4.78 is 1.78. The summed E-state index contributed by atoms with van der Waals surface area (Å²) in [5.41, 5.74) is 5.58. The summed E-state index contributed by atoms with van der Waals surface area (Å²) in [6.07, 6.45) is 3.91. The lowest BCUT2D eigenvalue weighted by Crippen LogP contribution is -2.17. The molecule has 1 aliphatic rings. The van der Waals surface area contributed by atoms with Crippen LogP contribution < -0.4 is 10.6 Å². The quantitative estimate of drug-likeness (QED) is 0.336. The molecule has 1 fully saturated rings. The maximum absolute atomic E-state index is 13.1. The molecule has 1 saturated carbocycles. The number of carbonyl (C=O) groups excluding carboxylic acids is 2. The lowest BCUT2D eigenvalue weighted by molar-refractivity contribution is -0.117. The number of carbonyl (C=O) groups is 2. The zero-order chi connectivity index (χ0) is 24.4. The minimum Gasteiger partial charge on any atom is -0.326 e. The molecule has 35 heavy (non-hydrogen) atoms. The van der Waals surface area contributed by atoms with Gasteiger partial charge in [-0.05, 0) is 61.7 Å². The number of anilines is 2. The molecule has 2 N–H and O–H groups in total. The van der Waals surface area contributed by atoms with Crippen molar-refractivity contribution in [2.24, 2.45) is 5.92 Å². The van der Waals surface area contributed by atoms with Crippen molar-refractivity contribution in [3.8, 4) is 16.9 Å². The zero-order valence-corrected chi connectivity index (χ0v) is 20.0. The van der Waals surface area contributed by atoms with E-state index in [4.69, 9.17) is 16.7 Å². The van der Waals surface area contributed by atoms with Gasteiger partial charge in [0, 0.05) is 39.6 Å². The molecule has 0 spiro atoms. The number of para-hydroxylation sites is 1. The molecule has 7 heteroatoms. The molecule has 1 heterocycles. The summed E-state index contributed by atoms with van der Waals surface area (Å²) in [4.78, 5) is 25.2. The average Bonchev–Trinajstić information content (AvgIpc) is 3.63. The van der Waals surface area contributed by atoms with Crippen molar-refractivity contribution in [3.05, 3.63) is 95.1 Å². The van der Waals surface area contributed by atoms with E-state index in [1.165, 1.54) is 0 Å². The highest BCUT2D eigenvalue weighted by Crippen LogP contribution is 2.31.